The number of hydrogen-bond acceptors (Lipinski definition) is 5. The highest BCUT2D eigenvalue weighted by Crippen LogP contribution is 2.65. The molecule has 0 aromatic heterocycles. The second-order valence-corrected chi connectivity index (χ2v) is 16.1. The second kappa shape index (κ2) is 13.4. The summed E-state index contributed by atoms with van der Waals surface area (Å²) in [6.07, 6.45) is 15.3. The van der Waals surface area contributed by atoms with Crippen LogP contribution in [0.25, 0.3) is 0 Å². The van der Waals surface area contributed by atoms with Crippen molar-refractivity contribution in [2.75, 3.05) is 26.2 Å². The number of likely N-dealkylation sites (tertiary alicyclic amines) is 1. The lowest BCUT2D eigenvalue weighted by Crippen LogP contribution is -2.54. The van der Waals surface area contributed by atoms with Gasteiger partial charge in [-0.25, -0.2) is 0 Å². The van der Waals surface area contributed by atoms with E-state index in [-0.39, 0.29) is 35.0 Å². The van der Waals surface area contributed by atoms with Gasteiger partial charge < -0.3 is 20.5 Å². The first-order valence-electron chi connectivity index (χ1n) is 18.6. The summed E-state index contributed by atoms with van der Waals surface area (Å²) in [5.74, 6) is 3.40. The summed E-state index contributed by atoms with van der Waals surface area (Å²) in [6, 6.07) is 0.401. The molecule has 45 heavy (non-hydrogen) atoms. The molecular weight excluding hydrogens is 562 g/mol. The molecular formula is C38H61N3O4. The van der Waals surface area contributed by atoms with E-state index in [1.165, 1.54) is 19.3 Å². The Morgan fingerprint density at radius 3 is 2.67 bits per heavy atom. The summed E-state index contributed by atoms with van der Waals surface area (Å²) in [7, 11) is 0. The van der Waals surface area contributed by atoms with Crippen molar-refractivity contribution >= 4 is 11.8 Å². The Morgan fingerprint density at radius 2 is 1.87 bits per heavy atom. The van der Waals surface area contributed by atoms with Crippen molar-refractivity contribution < 1.29 is 19.4 Å². The molecule has 2 aliphatic heterocycles. The second-order valence-electron chi connectivity index (χ2n) is 16.1. The highest BCUT2D eigenvalue weighted by molar-refractivity contribution is 5.76. The van der Waals surface area contributed by atoms with Crippen molar-refractivity contribution in [2.24, 2.45) is 35.0 Å². The third-order valence-corrected chi connectivity index (χ3v) is 13.5. The normalized spacial score (nSPS) is 40.8. The molecule has 2 saturated carbocycles. The summed E-state index contributed by atoms with van der Waals surface area (Å²) >= 11 is 0. The smallest absolute Gasteiger partial charge is 0.220 e. The summed E-state index contributed by atoms with van der Waals surface area (Å²) in [5, 5.41) is 16.5. The number of nitrogens with one attached hydrogen (secondary N) is 2. The third-order valence-electron chi connectivity index (χ3n) is 13.5. The standard InChI is InChI=1S/C38H61N3O4/c1-6-34(43)39-17-9-7-8-10-35(44)40-18-19-41-23-24(2)20-33-36(41)26(4)38(45-33)16-14-29-30-12-11-27-21-28(42)13-15-37(27,5)32(30)22-31(29)25(38)3/h11,24,26,28-30,32-33,36,42H,6-10,12-23H2,1-5H3,(H,39,43)(H,40,44). The zero-order valence-corrected chi connectivity index (χ0v) is 28.8. The lowest BCUT2D eigenvalue weighted by molar-refractivity contribution is -0.122. The summed E-state index contributed by atoms with van der Waals surface area (Å²) in [4.78, 5) is 26.6. The SMILES string of the molecule is CCC(=O)NCCCCCC(=O)NCCN1CC(C)CC2OC3(CCC4C(=C3C)CC3C4CC=C4CC(O)CCC43C)C(C)C21. The van der Waals surface area contributed by atoms with Crippen molar-refractivity contribution in [3.05, 3.63) is 22.8 Å². The Morgan fingerprint density at radius 1 is 1.07 bits per heavy atom. The Balaban J connectivity index is 1.07. The number of aliphatic hydroxyl groups is 1. The van der Waals surface area contributed by atoms with Crippen LogP contribution in [0.3, 0.4) is 0 Å². The molecule has 6 rings (SSSR count). The highest BCUT2D eigenvalue weighted by atomic mass is 16.5. The van der Waals surface area contributed by atoms with Crippen LogP contribution in [0.4, 0.5) is 0 Å². The molecule has 0 radical (unpaired) electrons. The van der Waals surface area contributed by atoms with Crippen LogP contribution in [-0.4, -0.2) is 71.9 Å². The van der Waals surface area contributed by atoms with Crippen LogP contribution in [0.15, 0.2) is 22.8 Å². The lowest BCUT2D eigenvalue weighted by atomic mass is 9.56. The lowest BCUT2D eigenvalue weighted by Gasteiger charge is -2.49. The van der Waals surface area contributed by atoms with Crippen LogP contribution < -0.4 is 10.6 Å². The molecule has 3 N–H and O–H groups in total. The molecule has 7 nitrogen and oxygen atoms in total. The largest absolute Gasteiger partial charge is 0.393 e. The van der Waals surface area contributed by atoms with Gasteiger partial charge in [0.15, 0.2) is 0 Å². The van der Waals surface area contributed by atoms with Crippen molar-refractivity contribution in [3.63, 3.8) is 0 Å². The fourth-order valence-corrected chi connectivity index (χ4v) is 11.1. The molecule has 7 heteroatoms. The maximum Gasteiger partial charge on any atom is 0.220 e. The van der Waals surface area contributed by atoms with Crippen LogP contribution >= 0.6 is 0 Å². The Bertz CT molecular complexity index is 1180. The molecule has 4 aliphatic carbocycles. The van der Waals surface area contributed by atoms with Crippen molar-refractivity contribution in [1.82, 2.24) is 15.5 Å². The third kappa shape index (κ3) is 6.20. The Hall–Kier alpha value is -1.70. The molecule has 0 aromatic carbocycles. The minimum Gasteiger partial charge on any atom is -0.393 e. The van der Waals surface area contributed by atoms with Crippen LogP contribution in [0, 0.1) is 35.0 Å². The number of unbranched alkanes of at least 4 members (excludes halogenated alkanes) is 2. The van der Waals surface area contributed by atoms with Crippen molar-refractivity contribution in [2.45, 2.75) is 142 Å². The maximum absolute atomic E-state index is 12.6. The zero-order chi connectivity index (χ0) is 31.9. The number of aliphatic hydroxyl groups excluding tert-OH is 1. The number of allylic oxidation sites excluding steroid dienone is 2. The van der Waals surface area contributed by atoms with Crippen LogP contribution in [0.2, 0.25) is 0 Å². The van der Waals surface area contributed by atoms with Crippen LogP contribution in [-0.2, 0) is 14.3 Å². The van der Waals surface area contributed by atoms with E-state index in [0.29, 0.717) is 55.6 Å². The number of amides is 2. The average molecular weight is 624 g/mol. The molecule has 10 atom stereocenters. The van der Waals surface area contributed by atoms with E-state index in [2.05, 4.69) is 49.3 Å². The molecule has 4 fully saturated rings. The van der Waals surface area contributed by atoms with Gasteiger partial charge in [-0.3, -0.25) is 14.5 Å². The Labute approximate surface area is 272 Å². The summed E-state index contributed by atoms with van der Waals surface area (Å²) in [5.41, 5.74) is 4.92. The average Bonchev–Trinajstić information content (AvgIpc) is 3.53. The molecule has 10 unspecified atom stereocenters. The van der Waals surface area contributed by atoms with E-state index in [1.807, 2.05) is 6.92 Å². The number of hydrogen-bond donors (Lipinski definition) is 3. The van der Waals surface area contributed by atoms with E-state index < -0.39 is 0 Å². The number of ether oxygens (including phenoxy) is 1. The van der Waals surface area contributed by atoms with Gasteiger partial charge in [-0.1, -0.05) is 51.3 Å². The van der Waals surface area contributed by atoms with E-state index in [1.54, 1.807) is 16.7 Å². The number of carbonyl (C=O) groups excluding carboxylic acids is 2. The maximum atomic E-state index is 12.6. The highest BCUT2D eigenvalue weighted by Gasteiger charge is 2.61. The predicted molar refractivity (Wildman–Crippen MR) is 178 cm³/mol. The van der Waals surface area contributed by atoms with Crippen LogP contribution in [0.5, 0.6) is 0 Å². The predicted octanol–water partition coefficient (Wildman–Crippen LogP) is 5.92. The molecule has 6 aliphatic rings. The molecule has 0 aromatic rings. The molecule has 252 valence electrons. The number of piperidine rings is 1. The van der Waals surface area contributed by atoms with Gasteiger partial charge in [-0.2, -0.15) is 0 Å². The monoisotopic (exact) mass is 623 g/mol. The van der Waals surface area contributed by atoms with Gasteiger partial charge in [0.25, 0.3) is 0 Å². The first kappa shape index (κ1) is 33.2. The van der Waals surface area contributed by atoms with Crippen LogP contribution in [0.1, 0.15) is 118 Å². The van der Waals surface area contributed by atoms with Gasteiger partial charge in [-0.05, 0) is 106 Å². The van der Waals surface area contributed by atoms with Gasteiger partial charge in [0.1, 0.15) is 0 Å². The number of fused-ring (bicyclic) bond motifs is 6. The molecule has 2 saturated heterocycles. The topological polar surface area (TPSA) is 90.9 Å². The van der Waals surface area contributed by atoms with Gasteiger partial charge in [0.05, 0.1) is 17.8 Å². The first-order valence-corrected chi connectivity index (χ1v) is 18.6. The number of rotatable bonds is 10. The molecule has 1 spiro atoms. The minimum absolute atomic E-state index is 0.0950. The van der Waals surface area contributed by atoms with E-state index in [9.17, 15) is 14.7 Å². The van der Waals surface area contributed by atoms with E-state index >= 15 is 0 Å². The number of carbonyl (C=O) groups is 2. The fraction of sp³-hybridized carbons (Fsp3) is 0.842. The molecule has 2 heterocycles. The van der Waals surface area contributed by atoms with Gasteiger partial charge in [-0.15, -0.1) is 0 Å². The number of nitrogens with zero attached hydrogens (tertiary/aromatic N) is 1. The van der Waals surface area contributed by atoms with Crippen molar-refractivity contribution in [3.8, 4) is 0 Å². The van der Waals surface area contributed by atoms with Gasteiger partial charge in [0, 0.05) is 51.0 Å². The summed E-state index contributed by atoms with van der Waals surface area (Å²) < 4.78 is 7.30. The fourth-order valence-electron chi connectivity index (χ4n) is 11.1. The van der Waals surface area contributed by atoms with Gasteiger partial charge in [0.2, 0.25) is 11.8 Å². The van der Waals surface area contributed by atoms with E-state index in [4.69, 9.17) is 4.74 Å². The molecule has 0 bridgehead atoms. The summed E-state index contributed by atoms with van der Waals surface area (Å²) in [6.45, 7) is 15.0. The first-order chi connectivity index (χ1) is 21.6. The van der Waals surface area contributed by atoms with E-state index in [0.717, 1.165) is 70.4 Å². The zero-order valence-electron chi connectivity index (χ0n) is 28.8. The quantitative estimate of drug-likeness (QED) is 0.208. The Kier molecular flexibility index (Phi) is 9.91. The molecule has 2 amide bonds. The minimum atomic E-state index is -0.156. The van der Waals surface area contributed by atoms with Gasteiger partial charge >= 0.3 is 0 Å². The van der Waals surface area contributed by atoms with Crippen molar-refractivity contribution in [1.29, 1.82) is 0 Å².